The van der Waals surface area contributed by atoms with E-state index in [1.54, 1.807) is 12.1 Å². The highest BCUT2D eigenvalue weighted by Gasteiger charge is 2.27. The topological polar surface area (TPSA) is 64.1 Å². The van der Waals surface area contributed by atoms with Crippen molar-refractivity contribution in [2.75, 3.05) is 26.8 Å². The van der Waals surface area contributed by atoms with Gasteiger partial charge in [-0.2, -0.15) is 8.78 Å². The summed E-state index contributed by atoms with van der Waals surface area (Å²) in [6.45, 7) is 1.35. The molecule has 0 aromatic heterocycles. The van der Waals surface area contributed by atoms with Gasteiger partial charge >= 0.3 is 6.61 Å². The smallest absolute Gasteiger partial charge is 0.387 e. The lowest BCUT2D eigenvalue weighted by atomic mass is 9.89. The fourth-order valence-corrected chi connectivity index (χ4v) is 3.81. The molecule has 2 atom stereocenters. The summed E-state index contributed by atoms with van der Waals surface area (Å²) >= 11 is 0. The largest absolute Gasteiger partial charge is 0.497 e. The summed E-state index contributed by atoms with van der Waals surface area (Å²) in [5.74, 6) is 1.55. The number of hydrogen-bond acceptors (Lipinski definition) is 4. The lowest BCUT2D eigenvalue weighted by Crippen LogP contribution is -2.42. The number of hydrogen-bond donors (Lipinski definition) is 2. The van der Waals surface area contributed by atoms with Gasteiger partial charge in [0.15, 0.2) is 5.96 Å². The normalized spacial score (nSPS) is 19.0. The fourth-order valence-electron chi connectivity index (χ4n) is 3.81. The maximum Gasteiger partial charge on any atom is 0.387 e. The first-order chi connectivity index (χ1) is 15.6. The number of aliphatic imine (C=N–C) groups is 1. The standard InChI is InChI=1S/C24H31F2N3O3/c1-3-27-24(29-16-19-14-20(30-2)11-12-21(19)32-23(25)26)28-15-18-10-7-13-31-22(18)17-8-5-4-6-9-17/h4-6,8-9,11-12,14,18,22-23H,3,7,10,13,15-16H2,1-2H3,(H2,27,28,29). The van der Waals surface area contributed by atoms with Gasteiger partial charge in [0.05, 0.1) is 19.8 Å². The molecule has 0 amide bonds. The Morgan fingerprint density at radius 1 is 1.19 bits per heavy atom. The Morgan fingerprint density at radius 3 is 2.72 bits per heavy atom. The van der Waals surface area contributed by atoms with E-state index in [1.165, 1.54) is 18.7 Å². The first kappa shape index (κ1) is 23.8. The number of nitrogens with one attached hydrogen (secondary N) is 2. The summed E-state index contributed by atoms with van der Waals surface area (Å²) in [7, 11) is 1.52. The molecule has 0 spiro atoms. The second-order valence-electron chi connectivity index (χ2n) is 7.53. The van der Waals surface area contributed by atoms with E-state index in [1.807, 2.05) is 25.1 Å². The second-order valence-corrected chi connectivity index (χ2v) is 7.53. The van der Waals surface area contributed by atoms with Crippen molar-refractivity contribution >= 4 is 5.96 Å². The van der Waals surface area contributed by atoms with Crippen molar-refractivity contribution < 1.29 is 23.0 Å². The van der Waals surface area contributed by atoms with E-state index in [0.29, 0.717) is 36.3 Å². The number of guanidine groups is 1. The van der Waals surface area contributed by atoms with Crippen LogP contribution in [0.3, 0.4) is 0 Å². The molecule has 0 aliphatic carbocycles. The summed E-state index contributed by atoms with van der Waals surface area (Å²) in [5.41, 5.74) is 1.69. The third-order valence-electron chi connectivity index (χ3n) is 5.34. The molecule has 0 radical (unpaired) electrons. The number of nitrogens with zero attached hydrogens (tertiary/aromatic N) is 1. The van der Waals surface area contributed by atoms with Crippen LogP contribution in [0.15, 0.2) is 53.5 Å². The van der Waals surface area contributed by atoms with Crippen molar-refractivity contribution in [1.29, 1.82) is 0 Å². The monoisotopic (exact) mass is 447 g/mol. The number of rotatable bonds is 9. The van der Waals surface area contributed by atoms with Crippen molar-refractivity contribution in [3.63, 3.8) is 0 Å². The van der Waals surface area contributed by atoms with Gasteiger partial charge in [0, 0.05) is 31.2 Å². The average molecular weight is 448 g/mol. The predicted octanol–water partition coefficient (Wildman–Crippen LogP) is 4.52. The molecule has 1 aliphatic heterocycles. The number of benzene rings is 2. The second kappa shape index (κ2) is 12.2. The number of methoxy groups -OCH3 is 1. The first-order valence-electron chi connectivity index (χ1n) is 10.9. The molecule has 2 unspecified atom stereocenters. The summed E-state index contributed by atoms with van der Waals surface area (Å²) in [5, 5.41) is 6.60. The third-order valence-corrected chi connectivity index (χ3v) is 5.34. The van der Waals surface area contributed by atoms with E-state index in [-0.39, 0.29) is 18.4 Å². The zero-order chi connectivity index (χ0) is 22.8. The van der Waals surface area contributed by atoms with Gasteiger partial charge in [-0.15, -0.1) is 0 Å². The summed E-state index contributed by atoms with van der Waals surface area (Å²) < 4.78 is 41.5. The number of alkyl halides is 2. The molecule has 8 heteroatoms. The molecule has 2 aromatic carbocycles. The van der Waals surface area contributed by atoms with E-state index in [9.17, 15) is 8.78 Å². The molecule has 1 aliphatic rings. The van der Waals surface area contributed by atoms with Gasteiger partial charge in [-0.1, -0.05) is 30.3 Å². The zero-order valence-electron chi connectivity index (χ0n) is 18.5. The zero-order valence-corrected chi connectivity index (χ0v) is 18.5. The van der Waals surface area contributed by atoms with Gasteiger partial charge in [0.25, 0.3) is 0 Å². The average Bonchev–Trinajstić information content (AvgIpc) is 2.82. The molecular weight excluding hydrogens is 416 g/mol. The van der Waals surface area contributed by atoms with Gasteiger partial charge in [-0.3, -0.25) is 0 Å². The maximum absolute atomic E-state index is 12.8. The van der Waals surface area contributed by atoms with Gasteiger partial charge < -0.3 is 24.8 Å². The molecule has 0 bridgehead atoms. The first-order valence-corrected chi connectivity index (χ1v) is 10.9. The van der Waals surface area contributed by atoms with E-state index >= 15 is 0 Å². The Bertz CT molecular complexity index is 865. The molecule has 2 aromatic rings. The molecular formula is C24H31F2N3O3. The highest BCUT2D eigenvalue weighted by molar-refractivity contribution is 5.79. The van der Waals surface area contributed by atoms with Crippen LogP contribution in [-0.2, 0) is 11.3 Å². The van der Waals surface area contributed by atoms with Gasteiger partial charge in [0.2, 0.25) is 0 Å². The molecule has 1 saturated heterocycles. The van der Waals surface area contributed by atoms with Gasteiger partial charge in [-0.05, 0) is 43.5 Å². The highest BCUT2D eigenvalue weighted by Crippen LogP contribution is 2.33. The van der Waals surface area contributed by atoms with Crippen molar-refractivity contribution in [2.45, 2.75) is 39.0 Å². The Balaban J connectivity index is 1.70. The van der Waals surface area contributed by atoms with Crippen molar-refractivity contribution in [3.8, 4) is 11.5 Å². The Hall–Kier alpha value is -2.87. The lowest BCUT2D eigenvalue weighted by Gasteiger charge is -2.32. The fraction of sp³-hybridized carbons (Fsp3) is 0.458. The number of halogens is 2. The summed E-state index contributed by atoms with van der Waals surface area (Å²) in [4.78, 5) is 4.58. The Kier molecular flexibility index (Phi) is 9.10. The van der Waals surface area contributed by atoms with E-state index in [0.717, 1.165) is 19.4 Å². The Morgan fingerprint density at radius 2 is 2.00 bits per heavy atom. The molecule has 6 nitrogen and oxygen atoms in total. The van der Waals surface area contributed by atoms with E-state index in [4.69, 9.17) is 9.47 Å². The van der Waals surface area contributed by atoms with Crippen molar-refractivity contribution in [2.24, 2.45) is 10.9 Å². The molecule has 32 heavy (non-hydrogen) atoms. The highest BCUT2D eigenvalue weighted by atomic mass is 19.3. The van der Waals surface area contributed by atoms with Crippen LogP contribution in [0.2, 0.25) is 0 Å². The summed E-state index contributed by atoms with van der Waals surface area (Å²) in [6.07, 6.45) is 2.10. The predicted molar refractivity (Wildman–Crippen MR) is 120 cm³/mol. The number of ether oxygens (including phenoxy) is 3. The van der Waals surface area contributed by atoms with Crippen molar-refractivity contribution in [1.82, 2.24) is 10.6 Å². The van der Waals surface area contributed by atoms with E-state index in [2.05, 4.69) is 32.5 Å². The summed E-state index contributed by atoms with van der Waals surface area (Å²) in [6, 6.07) is 14.9. The third kappa shape index (κ3) is 6.82. The minimum Gasteiger partial charge on any atom is -0.497 e. The maximum atomic E-state index is 12.8. The minimum atomic E-state index is -2.90. The quantitative estimate of drug-likeness (QED) is 0.437. The molecule has 3 rings (SSSR count). The van der Waals surface area contributed by atoms with E-state index < -0.39 is 6.61 Å². The van der Waals surface area contributed by atoms with Crippen LogP contribution in [0.1, 0.15) is 37.0 Å². The molecule has 2 N–H and O–H groups in total. The lowest BCUT2D eigenvalue weighted by molar-refractivity contribution is -0.0504. The molecule has 174 valence electrons. The minimum absolute atomic E-state index is 0.0322. The molecule has 1 heterocycles. The van der Waals surface area contributed by atoms with Crippen LogP contribution in [-0.4, -0.2) is 39.4 Å². The van der Waals surface area contributed by atoms with Crippen LogP contribution < -0.4 is 20.1 Å². The van der Waals surface area contributed by atoms with Crippen molar-refractivity contribution in [3.05, 3.63) is 59.7 Å². The van der Waals surface area contributed by atoms with Gasteiger partial charge in [0.1, 0.15) is 11.5 Å². The van der Waals surface area contributed by atoms with Crippen LogP contribution in [0.25, 0.3) is 0 Å². The van der Waals surface area contributed by atoms with Crippen LogP contribution in [0, 0.1) is 5.92 Å². The molecule has 0 saturated carbocycles. The van der Waals surface area contributed by atoms with Crippen LogP contribution in [0.5, 0.6) is 11.5 Å². The SMILES string of the molecule is CCNC(=NCc1cc(OC)ccc1OC(F)F)NCC1CCCOC1c1ccccc1. The molecule has 1 fully saturated rings. The van der Waals surface area contributed by atoms with Crippen LogP contribution in [0.4, 0.5) is 8.78 Å². The van der Waals surface area contributed by atoms with Gasteiger partial charge in [-0.25, -0.2) is 4.99 Å². The Labute approximate surface area is 188 Å². The van der Waals surface area contributed by atoms with Crippen LogP contribution >= 0.6 is 0 Å².